The predicted octanol–water partition coefficient (Wildman–Crippen LogP) is 5.47. The molecule has 0 unspecified atom stereocenters. The molecule has 14 nitrogen and oxygen atoms in total. The van der Waals surface area contributed by atoms with Crippen LogP contribution in [0.2, 0.25) is 5.02 Å². The zero-order valence-electron chi connectivity index (χ0n) is 26.6. The molecule has 1 aromatic carbocycles. The molecule has 2 saturated carbocycles. The molecule has 1 aliphatic heterocycles. The van der Waals surface area contributed by atoms with Gasteiger partial charge in [-0.2, -0.15) is 5.53 Å². The number of rotatable bonds is 15. The molecule has 0 amide bonds. The van der Waals surface area contributed by atoms with Gasteiger partial charge in [0.1, 0.15) is 23.9 Å². The lowest BCUT2D eigenvalue weighted by Crippen LogP contribution is -2.45. The van der Waals surface area contributed by atoms with Crippen LogP contribution < -0.4 is 14.8 Å². The highest BCUT2D eigenvalue weighted by Crippen LogP contribution is 2.39. The van der Waals surface area contributed by atoms with Gasteiger partial charge in [-0.25, -0.2) is 15.0 Å². The molecule has 4 N–H and O–H groups in total. The van der Waals surface area contributed by atoms with Gasteiger partial charge >= 0.3 is 0 Å². The van der Waals surface area contributed by atoms with Crippen LogP contribution in [-0.2, 0) is 4.74 Å². The molecular formula is C32H43ClN10O4. The molecule has 15 heteroatoms. The third-order valence-electron chi connectivity index (χ3n) is 9.15. The molecule has 47 heavy (non-hydrogen) atoms. The summed E-state index contributed by atoms with van der Waals surface area (Å²) in [5.74, 6) is 1.35. The Morgan fingerprint density at radius 2 is 1.89 bits per heavy atom. The topological polar surface area (TPSA) is 170 Å². The summed E-state index contributed by atoms with van der Waals surface area (Å²) in [5.41, 5.74) is 8.81. The Hall–Kier alpha value is -3.85. The minimum atomic E-state index is -0.601. The SMILES string of the molecule is C[C@@H](CN(C=N)N=N)Oc1cc(-c2cnc(Nc3cn(C4CCC(N5CCOCC5)CC4)nc3OCCC3(O)CC3)nc2)ccc1Cl. The largest absolute Gasteiger partial charge is 0.487 e. The summed E-state index contributed by atoms with van der Waals surface area (Å²) >= 11 is 6.40. The second-order valence-electron chi connectivity index (χ2n) is 12.6. The van der Waals surface area contributed by atoms with E-state index in [-0.39, 0.29) is 18.7 Å². The Balaban J connectivity index is 1.13. The number of halogens is 1. The van der Waals surface area contributed by atoms with Crippen molar-refractivity contribution in [3.05, 3.63) is 41.8 Å². The molecule has 0 spiro atoms. The third-order valence-corrected chi connectivity index (χ3v) is 9.46. The van der Waals surface area contributed by atoms with Crippen molar-refractivity contribution in [2.75, 3.05) is 44.8 Å². The number of nitrogens with zero attached hydrogens (tertiary/aromatic N) is 7. The maximum atomic E-state index is 10.3. The zero-order chi connectivity index (χ0) is 32.8. The van der Waals surface area contributed by atoms with Crippen molar-refractivity contribution in [3.8, 4) is 22.8 Å². The molecule has 0 radical (unpaired) electrons. The van der Waals surface area contributed by atoms with Crippen molar-refractivity contribution < 1.29 is 19.3 Å². The molecule has 6 rings (SSSR count). The van der Waals surface area contributed by atoms with E-state index >= 15 is 0 Å². The Morgan fingerprint density at radius 1 is 1.17 bits per heavy atom. The fourth-order valence-corrected chi connectivity index (χ4v) is 6.35. The molecule has 3 aromatic rings. The molecular weight excluding hydrogens is 624 g/mol. The fourth-order valence-electron chi connectivity index (χ4n) is 6.19. The highest BCUT2D eigenvalue weighted by Gasteiger charge is 2.40. The molecule has 0 bridgehead atoms. The molecule has 2 aliphatic carbocycles. The standard InChI is InChI=1S/C32H43ClN10O4/c1-22(19-42(21-34)40-35)47-29-16-23(2-7-27(29)33)24-17-36-31(37-18-24)38-28-20-43(39-30(28)46-13-10-32(44)8-9-32)26-5-3-25(4-6-26)41-11-14-45-15-12-41/h2,7,16-18,20-22,25-26,34-35,44H,3-6,8-15,19H2,1H3,(H,36,37,38)/t22-,25?,26?/m0/s1. The number of hydrogen-bond donors (Lipinski definition) is 4. The van der Waals surface area contributed by atoms with Gasteiger partial charge in [-0.1, -0.05) is 22.9 Å². The molecule has 3 fully saturated rings. The van der Waals surface area contributed by atoms with Gasteiger partial charge in [-0.05, 0) is 63.1 Å². The monoisotopic (exact) mass is 666 g/mol. The molecule has 1 saturated heterocycles. The minimum absolute atomic E-state index is 0.232. The number of aliphatic hydroxyl groups is 1. The van der Waals surface area contributed by atoms with E-state index in [9.17, 15) is 5.11 Å². The van der Waals surface area contributed by atoms with Crippen molar-refractivity contribution in [2.24, 2.45) is 5.22 Å². The van der Waals surface area contributed by atoms with E-state index in [0.717, 1.165) is 87.3 Å². The van der Waals surface area contributed by atoms with Crippen molar-refractivity contribution in [1.29, 1.82) is 10.9 Å². The average Bonchev–Trinajstić information content (AvgIpc) is 3.71. The first-order valence-electron chi connectivity index (χ1n) is 16.3. The summed E-state index contributed by atoms with van der Waals surface area (Å²) in [7, 11) is 0. The van der Waals surface area contributed by atoms with Crippen LogP contribution >= 0.6 is 11.6 Å². The van der Waals surface area contributed by atoms with E-state index in [1.54, 1.807) is 18.5 Å². The summed E-state index contributed by atoms with van der Waals surface area (Å²) < 4.78 is 19.7. The zero-order valence-corrected chi connectivity index (χ0v) is 27.4. The maximum Gasteiger partial charge on any atom is 0.256 e. The lowest BCUT2D eigenvalue weighted by Gasteiger charge is -2.38. The molecule has 252 valence electrons. The lowest BCUT2D eigenvalue weighted by atomic mass is 9.90. The maximum absolute atomic E-state index is 10.3. The van der Waals surface area contributed by atoms with Crippen LogP contribution in [0.5, 0.6) is 11.6 Å². The van der Waals surface area contributed by atoms with Gasteiger partial charge in [-0.15, -0.1) is 5.10 Å². The average molecular weight is 667 g/mol. The van der Waals surface area contributed by atoms with Gasteiger partial charge in [0.25, 0.3) is 5.88 Å². The highest BCUT2D eigenvalue weighted by atomic mass is 35.5. The van der Waals surface area contributed by atoms with E-state index in [2.05, 4.69) is 25.4 Å². The summed E-state index contributed by atoms with van der Waals surface area (Å²) in [6.45, 7) is 6.08. The number of anilines is 2. The number of ether oxygens (including phenoxy) is 3. The molecule has 3 aliphatic rings. The third kappa shape index (κ3) is 8.55. The first-order chi connectivity index (χ1) is 22.8. The van der Waals surface area contributed by atoms with Crippen LogP contribution in [0.25, 0.3) is 11.1 Å². The van der Waals surface area contributed by atoms with Crippen molar-refractivity contribution in [1.82, 2.24) is 29.7 Å². The van der Waals surface area contributed by atoms with Gasteiger partial charge in [-0.3, -0.25) is 15.0 Å². The Morgan fingerprint density at radius 3 is 2.57 bits per heavy atom. The van der Waals surface area contributed by atoms with Crippen LogP contribution in [0.1, 0.15) is 57.9 Å². The van der Waals surface area contributed by atoms with E-state index in [1.807, 2.05) is 29.9 Å². The lowest BCUT2D eigenvalue weighted by molar-refractivity contribution is 0.00502. The smallest absolute Gasteiger partial charge is 0.256 e. The summed E-state index contributed by atoms with van der Waals surface area (Å²) in [4.78, 5) is 11.7. The molecule has 2 aromatic heterocycles. The first kappa shape index (κ1) is 33.1. The van der Waals surface area contributed by atoms with Gasteiger partial charge in [0, 0.05) is 43.5 Å². The number of nitrogens with one attached hydrogen (secondary N) is 3. The van der Waals surface area contributed by atoms with Crippen LogP contribution in [0, 0.1) is 10.9 Å². The van der Waals surface area contributed by atoms with Gasteiger partial charge in [0.2, 0.25) is 5.95 Å². The van der Waals surface area contributed by atoms with E-state index in [0.29, 0.717) is 47.4 Å². The summed E-state index contributed by atoms with van der Waals surface area (Å²) in [5, 5.41) is 30.7. The van der Waals surface area contributed by atoms with Crippen LogP contribution in [0.4, 0.5) is 11.6 Å². The van der Waals surface area contributed by atoms with Crippen LogP contribution in [0.15, 0.2) is 42.0 Å². The van der Waals surface area contributed by atoms with Crippen LogP contribution in [0.3, 0.4) is 0 Å². The number of morpholine rings is 1. The highest BCUT2D eigenvalue weighted by molar-refractivity contribution is 6.32. The minimum Gasteiger partial charge on any atom is -0.487 e. The van der Waals surface area contributed by atoms with Gasteiger partial charge < -0.3 is 24.6 Å². The van der Waals surface area contributed by atoms with Crippen LogP contribution in [-0.4, -0.2) is 98.3 Å². The fraction of sp³-hybridized carbons (Fsp3) is 0.562. The summed E-state index contributed by atoms with van der Waals surface area (Å²) in [6.07, 6.45) is 12.6. The number of benzene rings is 1. The molecule has 3 heterocycles. The van der Waals surface area contributed by atoms with E-state index in [1.165, 1.54) is 0 Å². The first-order valence-corrected chi connectivity index (χ1v) is 16.7. The van der Waals surface area contributed by atoms with Gasteiger partial charge in [0.05, 0.1) is 49.2 Å². The van der Waals surface area contributed by atoms with Crippen molar-refractivity contribution >= 4 is 29.6 Å². The van der Waals surface area contributed by atoms with E-state index in [4.69, 9.17) is 41.9 Å². The quantitative estimate of drug-likeness (QED) is 0.0706. The van der Waals surface area contributed by atoms with E-state index < -0.39 is 5.60 Å². The second-order valence-corrected chi connectivity index (χ2v) is 13.0. The summed E-state index contributed by atoms with van der Waals surface area (Å²) in [6, 6.07) is 6.30. The molecule has 1 atom stereocenters. The predicted molar refractivity (Wildman–Crippen MR) is 177 cm³/mol. The second kappa shape index (κ2) is 14.9. The van der Waals surface area contributed by atoms with Crippen molar-refractivity contribution in [2.45, 2.75) is 75.7 Å². The Kier molecular flexibility index (Phi) is 10.5. The van der Waals surface area contributed by atoms with Crippen molar-refractivity contribution in [3.63, 3.8) is 0 Å². The number of aromatic nitrogens is 4. The Labute approximate surface area is 279 Å². The number of hydrogen-bond acceptors (Lipinski definition) is 12. The Bertz CT molecular complexity index is 1500. The van der Waals surface area contributed by atoms with Gasteiger partial charge in [0.15, 0.2) is 0 Å². The normalized spacial score (nSPS) is 21.4.